The van der Waals surface area contributed by atoms with Crippen LogP contribution in [-0.4, -0.2) is 140 Å². The van der Waals surface area contributed by atoms with Crippen molar-refractivity contribution < 1.29 is 71.7 Å². The van der Waals surface area contributed by atoms with Gasteiger partial charge in [-0.15, -0.1) is 11.6 Å². The van der Waals surface area contributed by atoms with E-state index in [1.807, 2.05) is 13.8 Å². The number of methoxy groups -OCH3 is 1. The lowest BCUT2D eigenvalue weighted by atomic mass is 9.88. The SMILES string of the molecule is CCC(=O)CC(C(=O)N[C@@H](CCCNC(N)=O)C(=O)CCC(=O)N1CCC[C@H]1C(=O)NCC(=O)O[C@H]([C@@H](C)[C@@H]1C/C=C/C(=O)N[C@H](Cc2ccc(OC)c(Cl)c2)C(=O)NCC(C)(C)C(=O)O[C@@H](CC(C)C)C(=O)O1)[C@@H](Cl)c1ccccc1)C(C)C. The molecule has 2 aromatic carbocycles. The number of rotatable bonds is 27. The molecule has 7 amide bonds. The van der Waals surface area contributed by atoms with Gasteiger partial charge in [-0.3, -0.25) is 43.2 Å². The number of carbonyl (C=O) groups excluding carboxylic acids is 11. The Morgan fingerprint density at radius 3 is 2.28 bits per heavy atom. The number of ketones is 2. The predicted octanol–water partition coefficient (Wildman–Crippen LogP) is 5.91. The zero-order valence-corrected chi connectivity index (χ0v) is 51.6. The van der Waals surface area contributed by atoms with Crippen molar-refractivity contribution in [3.05, 3.63) is 76.8 Å². The van der Waals surface area contributed by atoms with Gasteiger partial charge in [-0.05, 0) is 87.1 Å². The third kappa shape index (κ3) is 22.4. The molecular weight excluding hydrogens is 1140 g/mol. The van der Waals surface area contributed by atoms with E-state index >= 15 is 0 Å². The van der Waals surface area contributed by atoms with Crippen LogP contribution in [0.4, 0.5) is 4.79 Å². The van der Waals surface area contributed by atoms with E-state index in [1.165, 1.54) is 38.0 Å². The van der Waals surface area contributed by atoms with E-state index < -0.39 is 125 Å². The second kappa shape index (κ2) is 34.2. The molecule has 2 aliphatic heterocycles. The number of cyclic esters (lactones) is 2. The molecule has 85 heavy (non-hydrogen) atoms. The van der Waals surface area contributed by atoms with Gasteiger partial charge in [-0.25, -0.2) is 9.59 Å². The predicted molar refractivity (Wildman–Crippen MR) is 316 cm³/mol. The van der Waals surface area contributed by atoms with Gasteiger partial charge in [0, 0.05) is 70.0 Å². The lowest BCUT2D eigenvalue weighted by Gasteiger charge is -2.34. The summed E-state index contributed by atoms with van der Waals surface area (Å²) in [6, 6.07) is 9.55. The minimum atomic E-state index is -1.43. The number of nitrogens with one attached hydrogen (secondary N) is 5. The van der Waals surface area contributed by atoms with Gasteiger partial charge < -0.3 is 56.2 Å². The average Bonchev–Trinajstić information content (AvgIpc) is 3.81. The zero-order chi connectivity index (χ0) is 63.1. The minimum absolute atomic E-state index is 0.00641. The molecule has 9 atom stereocenters. The molecule has 0 saturated carbocycles. The van der Waals surface area contributed by atoms with Crippen LogP contribution in [0.1, 0.15) is 136 Å². The van der Waals surface area contributed by atoms with Crippen molar-refractivity contribution >= 4 is 88.2 Å². The van der Waals surface area contributed by atoms with Crippen molar-refractivity contribution in [1.29, 1.82) is 0 Å². The Balaban J connectivity index is 1.56. The molecule has 468 valence electrons. The molecule has 7 N–H and O–H groups in total. The standard InChI is InChI=1S/C61H85Cl2N7O15/c1-10-40(71)32-41(36(4)5)55(76)69-43(19-15-27-65-60(64)81)46(72)24-26-51(74)70-28-16-20-45(70)57(78)66-33-52(75)85-54(53(63)39-17-12-11-13-18-39)37(6)47-21-14-22-50(73)68-44(31-38-23-25-48(82-9)42(62)30-38)56(77)67-34-61(7,8)59(80)84-49(29-35(2)3)58(79)83-47/h11-14,17-18,22-23,25,30,35-37,41,43-45,47,49,53-54H,10,15-16,19-21,24,26-29,31-34H2,1-9H3,(H,66,78)(H,67,77)(H,68,73)(H,69,76)(H3,64,65,81)/b22-14+/t37-,41?,43-,44+,45-,47-,49-,53-,54+/m0/s1. The van der Waals surface area contributed by atoms with Gasteiger partial charge in [0.15, 0.2) is 11.9 Å². The van der Waals surface area contributed by atoms with Crippen LogP contribution < -0.4 is 37.1 Å². The van der Waals surface area contributed by atoms with Gasteiger partial charge >= 0.3 is 23.9 Å². The largest absolute Gasteiger partial charge is 0.495 e. The number of nitrogens with two attached hydrogens (primary N) is 1. The highest BCUT2D eigenvalue weighted by Gasteiger charge is 2.41. The third-order valence-electron chi connectivity index (χ3n) is 15.0. The van der Waals surface area contributed by atoms with Crippen molar-refractivity contribution in [1.82, 2.24) is 31.5 Å². The van der Waals surface area contributed by atoms with Crippen molar-refractivity contribution in [2.24, 2.45) is 34.8 Å². The molecule has 1 unspecified atom stereocenters. The Bertz CT molecular complexity index is 2710. The molecule has 1 saturated heterocycles. The fourth-order valence-corrected chi connectivity index (χ4v) is 10.5. The number of primary amides is 1. The molecule has 0 aliphatic carbocycles. The zero-order valence-electron chi connectivity index (χ0n) is 50.1. The van der Waals surface area contributed by atoms with Crippen LogP contribution in [0.5, 0.6) is 5.75 Å². The summed E-state index contributed by atoms with van der Waals surface area (Å²) in [6.45, 7) is 13.0. The molecule has 0 radical (unpaired) electrons. The molecule has 4 rings (SSSR count). The summed E-state index contributed by atoms with van der Waals surface area (Å²) in [4.78, 5) is 149. The molecule has 0 aromatic heterocycles. The molecule has 2 aliphatic rings. The summed E-state index contributed by atoms with van der Waals surface area (Å²) in [5.74, 6) is -7.92. The van der Waals surface area contributed by atoms with Gasteiger partial charge in [0.25, 0.3) is 0 Å². The fraction of sp³-hybridized carbons (Fsp3) is 0.590. The lowest BCUT2D eigenvalue weighted by molar-refractivity contribution is -0.181. The summed E-state index contributed by atoms with van der Waals surface area (Å²) >= 11 is 13.6. The molecular formula is C61H85Cl2N7O15. The van der Waals surface area contributed by atoms with Gasteiger partial charge in [-0.2, -0.15) is 0 Å². The number of halogens is 2. The maximum Gasteiger partial charge on any atom is 0.347 e. The number of ether oxygens (including phenoxy) is 4. The lowest BCUT2D eigenvalue weighted by Crippen LogP contribution is -2.51. The molecule has 0 spiro atoms. The maximum absolute atomic E-state index is 14.3. The topological polar surface area (TPSA) is 314 Å². The first-order valence-corrected chi connectivity index (χ1v) is 29.8. The molecule has 1 fully saturated rings. The van der Waals surface area contributed by atoms with Crippen LogP contribution in [0.25, 0.3) is 0 Å². The molecule has 2 heterocycles. The van der Waals surface area contributed by atoms with Crippen LogP contribution in [0, 0.1) is 29.1 Å². The van der Waals surface area contributed by atoms with Crippen molar-refractivity contribution in [3.63, 3.8) is 0 Å². The second-order valence-electron chi connectivity index (χ2n) is 23.0. The number of carbonyl (C=O) groups is 11. The van der Waals surface area contributed by atoms with Gasteiger partial charge in [0.1, 0.15) is 42.4 Å². The maximum atomic E-state index is 14.3. The van der Waals surface area contributed by atoms with E-state index in [9.17, 15) is 52.7 Å². The van der Waals surface area contributed by atoms with Crippen LogP contribution in [0.2, 0.25) is 5.02 Å². The first-order chi connectivity index (χ1) is 40.1. The number of benzene rings is 2. The van der Waals surface area contributed by atoms with Gasteiger partial charge in [0.05, 0.1) is 29.0 Å². The average molecular weight is 1230 g/mol. The second-order valence-corrected chi connectivity index (χ2v) is 23.8. The van der Waals surface area contributed by atoms with E-state index in [0.29, 0.717) is 23.3 Å². The summed E-state index contributed by atoms with van der Waals surface area (Å²) in [6.07, 6.45) is -0.812. The van der Waals surface area contributed by atoms with Crippen LogP contribution >= 0.6 is 23.2 Å². The molecule has 24 heteroatoms. The fourth-order valence-electron chi connectivity index (χ4n) is 9.78. The van der Waals surface area contributed by atoms with E-state index in [2.05, 4.69) is 26.6 Å². The number of amides is 7. The van der Waals surface area contributed by atoms with Crippen molar-refractivity contribution in [2.45, 2.75) is 168 Å². The highest BCUT2D eigenvalue weighted by atomic mass is 35.5. The first kappa shape index (κ1) is 70.4. The normalized spacial score (nSPS) is 20.7. The monoisotopic (exact) mass is 1230 g/mol. The Hall–Kier alpha value is -7.07. The number of Topliss-reactive ketones (excluding diaryl/α,β-unsaturated/α-hetero) is 2. The quantitative estimate of drug-likeness (QED) is 0.0262. The van der Waals surface area contributed by atoms with Crippen LogP contribution in [0.15, 0.2) is 60.7 Å². The summed E-state index contributed by atoms with van der Waals surface area (Å²) < 4.78 is 23.4. The number of alkyl halides is 1. The Labute approximate surface area is 507 Å². The van der Waals surface area contributed by atoms with Gasteiger partial charge in [-0.1, -0.05) is 95.6 Å². The highest BCUT2D eigenvalue weighted by molar-refractivity contribution is 6.32. The van der Waals surface area contributed by atoms with E-state index in [-0.39, 0.29) is 106 Å². The minimum Gasteiger partial charge on any atom is -0.495 e. The number of esters is 3. The highest BCUT2D eigenvalue weighted by Crippen LogP contribution is 2.35. The van der Waals surface area contributed by atoms with Crippen molar-refractivity contribution in [3.8, 4) is 5.75 Å². The molecule has 0 bridgehead atoms. The third-order valence-corrected chi connectivity index (χ3v) is 15.7. The Morgan fingerprint density at radius 2 is 1.65 bits per heavy atom. The Morgan fingerprint density at radius 1 is 0.941 bits per heavy atom. The number of nitrogens with zero attached hydrogens (tertiary/aromatic N) is 1. The first-order valence-electron chi connectivity index (χ1n) is 29.0. The Kier molecular flexibility index (Phi) is 28.3. The number of hydrogen-bond donors (Lipinski definition) is 6. The summed E-state index contributed by atoms with van der Waals surface area (Å²) in [7, 11) is 1.46. The number of likely N-dealkylation sites (tertiary alicyclic amines) is 1. The van der Waals surface area contributed by atoms with Crippen molar-refractivity contribution in [2.75, 3.05) is 33.3 Å². The van der Waals surface area contributed by atoms with E-state index in [0.717, 1.165) is 0 Å². The van der Waals surface area contributed by atoms with Gasteiger partial charge in [0.2, 0.25) is 29.5 Å². The van der Waals surface area contributed by atoms with Crippen LogP contribution in [0.3, 0.4) is 0 Å². The van der Waals surface area contributed by atoms with E-state index in [1.54, 1.807) is 76.2 Å². The number of urea groups is 1. The van der Waals surface area contributed by atoms with Crippen LogP contribution in [-0.2, 0) is 68.6 Å². The summed E-state index contributed by atoms with van der Waals surface area (Å²) in [5, 5.41) is 12.4. The summed E-state index contributed by atoms with van der Waals surface area (Å²) in [5.41, 5.74) is 4.92. The number of hydrogen-bond acceptors (Lipinski definition) is 15. The molecule has 22 nitrogen and oxygen atoms in total. The smallest absolute Gasteiger partial charge is 0.347 e. The van der Waals surface area contributed by atoms with E-state index in [4.69, 9.17) is 47.9 Å². The molecule has 2 aromatic rings.